The fraction of sp³-hybridized carbons (Fsp3) is 0.387. The van der Waals surface area contributed by atoms with Crippen molar-refractivity contribution in [2.75, 3.05) is 0 Å². The lowest BCUT2D eigenvalue weighted by Crippen LogP contribution is -2.38. The van der Waals surface area contributed by atoms with E-state index in [0.717, 1.165) is 38.9 Å². The Kier molecular flexibility index (Phi) is 9.67. The number of nitrogens with one attached hydrogen (secondary N) is 1. The van der Waals surface area contributed by atoms with Crippen LogP contribution in [0.25, 0.3) is 0 Å². The normalized spacial score (nSPS) is 12.2. The standard InChI is InChI=1S/C31H40NO5P/c1-20(2)14-30(32-31(33)35-19-27-12-10-9-11-13-27)38(34,36-28-17-21(3)15-23(5)25(28)7)37-29-18-22(4)16-24(6)26(29)8/h9-13,15-18,20,30H,14,19H2,1-8H3,(H,32,33)/t30-/m0/s1. The minimum Gasteiger partial charge on any atom is -0.445 e. The molecule has 0 unspecified atom stereocenters. The van der Waals surface area contributed by atoms with Crippen molar-refractivity contribution < 1.29 is 23.1 Å². The summed E-state index contributed by atoms with van der Waals surface area (Å²) in [6.45, 7) is 15.8. The summed E-state index contributed by atoms with van der Waals surface area (Å²) in [7, 11) is -4.02. The summed E-state index contributed by atoms with van der Waals surface area (Å²) in [4.78, 5) is 12.9. The van der Waals surface area contributed by atoms with Crippen molar-refractivity contribution in [2.24, 2.45) is 5.92 Å². The molecule has 0 aliphatic rings. The van der Waals surface area contributed by atoms with Gasteiger partial charge in [0.25, 0.3) is 0 Å². The molecular weight excluding hydrogens is 497 g/mol. The molecule has 0 saturated carbocycles. The predicted molar refractivity (Wildman–Crippen MR) is 153 cm³/mol. The van der Waals surface area contributed by atoms with Gasteiger partial charge >= 0.3 is 13.7 Å². The molecule has 1 atom stereocenters. The molecule has 0 spiro atoms. The maximum absolute atomic E-state index is 14.8. The number of hydrogen-bond acceptors (Lipinski definition) is 5. The molecule has 0 fully saturated rings. The van der Waals surface area contributed by atoms with Gasteiger partial charge in [0, 0.05) is 0 Å². The van der Waals surface area contributed by atoms with E-state index in [1.807, 2.05) is 110 Å². The van der Waals surface area contributed by atoms with Crippen LogP contribution < -0.4 is 14.4 Å². The first-order valence-electron chi connectivity index (χ1n) is 13.0. The highest BCUT2D eigenvalue weighted by Crippen LogP contribution is 2.55. The van der Waals surface area contributed by atoms with Gasteiger partial charge < -0.3 is 19.1 Å². The first-order chi connectivity index (χ1) is 17.9. The molecule has 3 aromatic rings. The van der Waals surface area contributed by atoms with E-state index in [1.54, 1.807) is 0 Å². The zero-order chi connectivity index (χ0) is 28.0. The first-order valence-corrected chi connectivity index (χ1v) is 14.6. The van der Waals surface area contributed by atoms with Gasteiger partial charge in [0.05, 0.1) is 0 Å². The van der Waals surface area contributed by atoms with Crippen molar-refractivity contribution in [1.29, 1.82) is 0 Å². The Bertz CT molecular complexity index is 1260. The van der Waals surface area contributed by atoms with Gasteiger partial charge in [-0.15, -0.1) is 0 Å². The van der Waals surface area contributed by atoms with Gasteiger partial charge in [0.1, 0.15) is 18.1 Å². The molecule has 7 heteroatoms. The number of carbonyl (C=O) groups excluding carboxylic acids is 1. The topological polar surface area (TPSA) is 73.9 Å². The third-order valence-electron chi connectivity index (χ3n) is 6.55. The van der Waals surface area contributed by atoms with Crippen molar-refractivity contribution in [3.05, 3.63) is 93.5 Å². The summed E-state index contributed by atoms with van der Waals surface area (Å²) < 4.78 is 33.0. The average Bonchev–Trinajstić information content (AvgIpc) is 2.84. The van der Waals surface area contributed by atoms with Gasteiger partial charge in [0.15, 0.2) is 5.78 Å². The van der Waals surface area contributed by atoms with Crippen LogP contribution in [0.3, 0.4) is 0 Å². The number of aryl methyl sites for hydroxylation is 4. The second kappa shape index (κ2) is 12.5. The molecule has 38 heavy (non-hydrogen) atoms. The summed E-state index contributed by atoms with van der Waals surface area (Å²) in [5.74, 6) is 0.101. The molecule has 1 N–H and O–H groups in total. The van der Waals surface area contributed by atoms with Gasteiger partial charge in [0.2, 0.25) is 0 Å². The predicted octanol–water partition coefficient (Wildman–Crippen LogP) is 8.49. The highest BCUT2D eigenvalue weighted by molar-refractivity contribution is 7.55. The molecule has 1 amide bonds. The lowest BCUT2D eigenvalue weighted by Gasteiger charge is -2.30. The van der Waals surface area contributed by atoms with Crippen LogP contribution in [0, 0.1) is 47.5 Å². The number of carbonyl (C=O) groups is 1. The molecule has 0 aliphatic carbocycles. The van der Waals surface area contributed by atoms with Crippen molar-refractivity contribution in [3.63, 3.8) is 0 Å². The van der Waals surface area contributed by atoms with E-state index in [-0.39, 0.29) is 12.5 Å². The Balaban J connectivity index is 2.01. The fourth-order valence-corrected chi connectivity index (χ4v) is 6.39. The van der Waals surface area contributed by atoms with Gasteiger partial charge in [-0.25, -0.2) is 9.36 Å². The quantitative estimate of drug-likeness (QED) is 0.263. The van der Waals surface area contributed by atoms with E-state index in [2.05, 4.69) is 5.32 Å². The number of amides is 1. The first kappa shape index (κ1) is 29.3. The van der Waals surface area contributed by atoms with Gasteiger partial charge in [-0.2, -0.15) is 0 Å². The van der Waals surface area contributed by atoms with E-state index in [1.165, 1.54) is 0 Å². The highest BCUT2D eigenvalue weighted by atomic mass is 31.2. The lowest BCUT2D eigenvalue weighted by molar-refractivity contribution is 0.136. The maximum atomic E-state index is 14.8. The van der Waals surface area contributed by atoms with Crippen LogP contribution in [-0.4, -0.2) is 11.9 Å². The number of ether oxygens (including phenoxy) is 1. The highest BCUT2D eigenvalue weighted by Gasteiger charge is 2.42. The van der Waals surface area contributed by atoms with E-state index in [0.29, 0.717) is 17.9 Å². The summed E-state index contributed by atoms with van der Waals surface area (Å²) in [5.41, 5.74) is 6.59. The Morgan fingerprint density at radius 3 is 1.79 bits per heavy atom. The lowest BCUT2D eigenvalue weighted by atomic mass is 10.1. The monoisotopic (exact) mass is 537 g/mol. The molecule has 0 aromatic heterocycles. The molecular formula is C31H40NO5P. The van der Waals surface area contributed by atoms with Crippen molar-refractivity contribution >= 4 is 13.7 Å². The fourth-order valence-electron chi connectivity index (χ4n) is 4.23. The zero-order valence-electron chi connectivity index (χ0n) is 23.8. The SMILES string of the molecule is Cc1cc(C)c(C)c(OP(=O)(Oc2cc(C)cc(C)c2C)[C@@H](CC(C)C)NC(=O)OCc2ccccc2)c1. The molecule has 0 saturated heterocycles. The van der Waals surface area contributed by atoms with Crippen LogP contribution in [-0.2, 0) is 15.9 Å². The molecule has 6 nitrogen and oxygen atoms in total. The largest absolute Gasteiger partial charge is 0.453 e. The third kappa shape index (κ3) is 7.64. The van der Waals surface area contributed by atoms with Crippen LogP contribution >= 0.6 is 7.60 Å². The summed E-state index contributed by atoms with van der Waals surface area (Å²) in [6, 6.07) is 17.2. The summed E-state index contributed by atoms with van der Waals surface area (Å²) >= 11 is 0. The van der Waals surface area contributed by atoms with Crippen LogP contribution in [0.4, 0.5) is 4.79 Å². The Morgan fingerprint density at radius 2 is 1.32 bits per heavy atom. The number of rotatable bonds is 10. The molecule has 0 bridgehead atoms. The molecule has 0 aliphatic heterocycles. The smallest absolute Gasteiger partial charge is 0.445 e. The molecule has 204 valence electrons. The van der Waals surface area contributed by atoms with Crippen molar-refractivity contribution in [1.82, 2.24) is 5.32 Å². The van der Waals surface area contributed by atoms with Crippen LogP contribution in [0.1, 0.15) is 59.2 Å². The van der Waals surface area contributed by atoms with Crippen LogP contribution in [0.5, 0.6) is 11.5 Å². The minimum absolute atomic E-state index is 0.0932. The third-order valence-corrected chi connectivity index (χ3v) is 8.56. The van der Waals surface area contributed by atoms with Gasteiger partial charge in [-0.05, 0) is 105 Å². The van der Waals surface area contributed by atoms with E-state index in [4.69, 9.17) is 13.8 Å². The zero-order valence-corrected chi connectivity index (χ0v) is 24.6. The van der Waals surface area contributed by atoms with Crippen molar-refractivity contribution in [2.45, 2.75) is 74.2 Å². The minimum atomic E-state index is -4.02. The Hall–Kier alpha value is -3.24. The van der Waals surface area contributed by atoms with Gasteiger partial charge in [-0.3, -0.25) is 0 Å². The maximum Gasteiger partial charge on any atom is 0.453 e. The molecule has 3 aromatic carbocycles. The van der Waals surface area contributed by atoms with E-state index < -0.39 is 19.5 Å². The number of alkyl carbamates (subject to hydrolysis) is 1. The van der Waals surface area contributed by atoms with E-state index in [9.17, 15) is 9.36 Å². The second-order valence-electron chi connectivity index (χ2n) is 10.5. The summed E-state index contributed by atoms with van der Waals surface area (Å²) in [5, 5.41) is 2.82. The second-order valence-corrected chi connectivity index (χ2v) is 12.6. The van der Waals surface area contributed by atoms with Crippen molar-refractivity contribution in [3.8, 4) is 11.5 Å². The average molecular weight is 538 g/mol. The number of hydrogen-bond donors (Lipinski definition) is 1. The molecule has 0 radical (unpaired) electrons. The molecule has 3 rings (SSSR count). The Labute approximate surface area is 227 Å². The Morgan fingerprint density at radius 1 is 0.816 bits per heavy atom. The van der Waals surface area contributed by atoms with Crippen LogP contribution in [0.2, 0.25) is 0 Å². The summed E-state index contributed by atoms with van der Waals surface area (Å²) in [6.07, 6.45) is -0.313. The van der Waals surface area contributed by atoms with Crippen LogP contribution in [0.15, 0.2) is 54.6 Å². The van der Waals surface area contributed by atoms with E-state index >= 15 is 0 Å². The molecule has 0 heterocycles. The van der Waals surface area contributed by atoms with Gasteiger partial charge in [-0.1, -0.05) is 56.3 Å². The number of benzene rings is 3.